The second-order valence-corrected chi connectivity index (χ2v) is 10.0. The lowest BCUT2D eigenvalue weighted by atomic mass is 9.80. The number of methoxy groups -OCH3 is 1. The van der Waals surface area contributed by atoms with Crippen LogP contribution in [0.5, 0.6) is 0 Å². The normalized spacial score (nSPS) is 19.1. The molecule has 0 saturated heterocycles. The molecule has 6 rings (SSSR count). The summed E-state index contributed by atoms with van der Waals surface area (Å²) >= 11 is 0. The maximum atomic E-state index is 7.24. The van der Waals surface area contributed by atoms with Gasteiger partial charge in [-0.2, -0.15) is 0 Å². The minimum atomic E-state index is -0.738. The summed E-state index contributed by atoms with van der Waals surface area (Å²) in [7, 11) is 1.79. The first kappa shape index (κ1) is 23.6. The van der Waals surface area contributed by atoms with Gasteiger partial charge in [-0.3, -0.25) is 4.98 Å². The number of ether oxygens (including phenoxy) is 2. The molecule has 0 amide bonds. The molecule has 1 fully saturated rings. The summed E-state index contributed by atoms with van der Waals surface area (Å²) in [5, 5.41) is 1.22. The molecule has 0 aliphatic heterocycles. The zero-order valence-corrected chi connectivity index (χ0v) is 21.1. The summed E-state index contributed by atoms with van der Waals surface area (Å²) in [6.07, 6.45) is 2.94. The molecule has 2 atom stereocenters. The van der Waals surface area contributed by atoms with Crippen LogP contribution >= 0.6 is 0 Å². The van der Waals surface area contributed by atoms with Crippen LogP contribution in [0.4, 0.5) is 0 Å². The summed E-state index contributed by atoms with van der Waals surface area (Å²) in [4.78, 5) is 4.59. The SMILES string of the molecule is COC[C@@]1(COC(c2ccccc2)(c2ccccc2)c2ccccc2)C[C@H]1c1ccnc2ccccc12. The van der Waals surface area contributed by atoms with Gasteiger partial charge in [0.05, 0.1) is 18.7 Å². The van der Waals surface area contributed by atoms with Gasteiger partial charge in [0.25, 0.3) is 0 Å². The van der Waals surface area contributed by atoms with E-state index in [4.69, 9.17) is 9.47 Å². The van der Waals surface area contributed by atoms with Gasteiger partial charge < -0.3 is 9.47 Å². The Morgan fingerprint density at radius 2 is 1.24 bits per heavy atom. The van der Waals surface area contributed by atoms with Gasteiger partial charge in [0.15, 0.2) is 0 Å². The van der Waals surface area contributed by atoms with Crippen molar-refractivity contribution in [2.45, 2.75) is 17.9 Å². The van der Waals surface area contributed by atoms with Gasteiger partial charge in [-0.25, -0.2) is 0 Å². The molecule has 0 radical (unpaired) electrons. The van der Waals surface area contributed by atoms with Crippen LogP contribution in [0.25, 0.3) is 10.9 Å². The van der Waals surface area contributed by atoms with Crippen molar-refractivity contribution in [3.05, 3.63) is 150 Å². The maximum Gasteiger partial charge on any atom is 0.143 e. The molecule has 37 heavy (non-hydrogen) atoms. The van der Waals surface area contributed by atoms with Gasteiger partial charge >= 0.3 is 0 Å². The Balaban J connectivity index is 1.43. The number of rotatable bonds is 9. The lowest BCUT2D eigenvalue weighted by molar-refractivity contribution is -0.0327. The van der Waals surface area contributed by atoms with Crippen LogP contribution in [-0.2, 0) is 15.1 Å². The second-order valence-electron chi connectivity index (χ2n) is 10.0. The Kier molecular flexibility index (Phi) is 6.33. The third-order valence-electron chi connectivity index (χ3n) is 7.80. The highest BCUT2D eigenvalue weighted by Gasteiger charge is 2.57. The van der Waals surface area contributed by atoms with Crippen LogP contribution < -0.4 is 0 Å². The average molecular weight is 486 g/mol. The molecular formula is C34H31NO2. The molecule has 0 bridgehead atoms. The van der Waals surface area contributed by atoms with Gasteiger partial charge in [-0.1, -0.05) is 109 Å². The number of aromatic nitrogens is 1. The molecular weight excluding hydrogens is 454 g/mol. The first-order valence-corrected chi connectivity index (χ1v) is 12.9. The van der Waals surface area contributed by atoms with Crippen molar-refractivity contribution in [1.82, 2.24) is 4.98 Å². The van der Waals surface area contributed by atoms with E-state index in [2.05, 4.69) is 120 Å². The third-order valence-corrected chi connectivity index (χ3v) is 7.80. The fraction of sp³-hybridized carbons (Fsp3) is 0.206. The van der Waals surface area contributed by atoms with Crippen LogP contribution in [0.3, 0.4) is 0 Å². The van der Waals surface area contributed by atoms with Crippen LogP contribution in [0.2, 0.25) is 0 Å². The van der Waals surface area contributed by atoms with Crippen molar-refractivity contribution in [2.75, 3.05) is 20.3 Å². The van der Waals surface area contributed by atoms with E-state index < -0.39 is 5.60 Å². The van der Waals surface area contributed by atoms with Crippen molar-refractivity contribution in [3.8, 4) is 0 Å². The number of hydrogen-bond acceptors (Lipinski definition) is 3. The van der Waals surface area contributed by atoms with E-state index in [0.717, 1.165) is 28.6 Å². The number of hydrogen-bond donors (Lipinski definition) is 0. The average Bonchev–Trinajstić information content (AvgIpc) is 3.68. The molecule has 1 aromatic heterocycles. The van der Waals surface area contributed by atoms with E-state index in [0.29, 0.717) is 19.1 Å². The van der Waals surface area contributed by atoms with E-state index in [1.807, 2.05) is 12.3 Å². The number of fused-ring (bicyclic) bond motifs is 1. The molecule has 1 aliphatic carbocycles. The Morgan fingerprint density at radius 1 is 0.703 bits per heavy atom. The van der Waals surface area contributed by atoms with E-state index in [1.165, 1.54) is 10.9 Å². The lowest BCUT2D eigenvalue weighted by Gasteiger charge is -2.37. The maximum absolute atomic E-state index is 7.24. The quantitative estimate of drug-likeness (QED) is 0.204. The minimum Gasteiger partial charge on any atom is -0.384 e. The summed E-state index contributed by atoms with van der Waals surface area (Å²) in [5.41, 5.74) is 4.87. The first-order valence-electron chi connectivity index (χ1n) is 12.9. The number of para-hydroxylation sites is 1. The molecule has 3 heteroatoms. The van der Waals surface area contributed by atoms with Crippen molar-refractivity contribution >= 4 is 10.9 Å². The zero-order valence-electron chi connectivity index (χ0n) is 21.1. The molecule has 4 aromatic carbocycles. The molecule has 1 saturated carbocycles. The zero-order chi connectivity index (χ0) is 25.1. The molecule has 184 valence electrons. The molecule has 0 N–H and O–H groups in total. The van der Waals surface area contributed by atoms with Crippen molar-refractivity contribution in [2.24, 2.45) is 5.41 Å². The number of pyridine rings is 1. The van der Waals surface area contributed by atoms with E-state index in [9.17, 15) is 0 Å². The Morgan fingerprint density at radius 3 is 1.81 bits per heavy atom. The molecule has 0 spiro atoms. The molecule has 3 nitrogen and oxygen atoms in total. The van der Waals surface area contributed by atoms with Crippen LogP contribution in [0.15, 0.2) is 128 Å². The topological polar surface area (TPSA) is 31.4 Å². The summed E-state index contributed by atoms with van der Waals surface area (Å²) in [6, 6.07) is 42.3. The lowest BCUT2D eigenvalue weighted by Crippen LogP contribution is -2.36. The highest BCUT2D eigenvalue weighted by atomic mass is 16.5. The van der Waals surface area contributed by atoms with Crippen molar-refractivity contribution < 1.29 is 9.47 Å². The monoisotopic (exact) mass is 485 g/mol. The highest BCUT2D eigenvalue weighted by molar-refractivity contribution is 5.83. The summed E-state index contributed by atoms with van der Waals surface area (Å²) in [6.45, 7) is 1.21. The van der Waals surface area contributed by atoms with Gasteiger partial charge in [0, 0.05) is 24.1 Å². The van der Waals surface area contributed by atoms with Crippen LogP contribution in [0, 0.1) is 5.41 Å². The smallest absolute Gasteiger partial charge is 0.143 e. The van der Waals surface area contributed by atoms with Gasteiger partial charge in [-0.15, -0.1) is 0 Å². The predicted molar refractivity (Wildman–Crippen MR) is 149 cm³/mol. The van der Waals surface area contributed by atoms with E-state index in [-0.39, 0.29) is 5.41 Å². The Hall–Kier alpha value is -3.79. The standard InChI is InChI=1S/C34H31NO2/c1-36-24-33(23-31(33)29-21-22-35-32-20-12-11-19-30(29)32)25-37-34(26-13-5-2-6-14-26,27-15-7-3-8-16-27)28-17-9-4-10-18-28/h2-22,31H,23-25H2,1H3/t31-,33+/m0/s1. The Labute approximate surface area is 218 Å². The van der Waals surface area contributed by atoms with E-state index in [1.54, 1.807) is 7.11 Å². The minimum absolute atomic E-state index is 0.109. The van der Waals surface area contributed by atoms with Crippen LogP contribution in [-0.4, -0.2) is 25.3 Å². The number of nitrogens with zero attached hydrogens (tertiary/aromatic N) is 1. The molecule has 1 heterocycles. The fourth-order valence-electron chi connectivity index (χ4n) is 5.88. The van der Waals surface area contributed by atoms with Crippen molar-refractivity contribution in [1.29, 1.82) is 0 Å². The van der Waals surface area contributed by atoms with Crippen LogP contribution in [0.1, 0.15) is 34.6 Å². The largest absolute Gasteiger partial charge is 0.384 e. The van der Waals surface area contributed by atoms with Gasteiger partial charge in [0.1, 0.15) is 5.60 Å². The van der Waals surface area contributed by atoms with Crippen molar-refractivity contribution in [3.63, 3.8) is 0 Å². The first-order chi connectivity index (χ1) is 18.3. The second kappa shape index (κ2) is 9.93. The van der Waals surface area contributed by atoms with Gasteiger partial charge in [-0.05, 0) is 46.7 Å². The molecule has 0 unspecified atom stereocenters. The summed E-state index contributed by atoms with van der Waals surface area (Å²) < 4.78 is 13.1. The van der Waals surface area contributed by atoms with Gasteiger partial charge in [0.2, 0.25) is 0 Å². The molecule has 5 aromatic rings. The fourth-order valence-corrected chi connectivity index (χ4v) is 5.88. The predicted octanol–water partition coefficient (Wildman–Crippen LogP) is 7.36. The third kappa shape index (κ3) is 4.25. The Bertz CT molecular complexity index is 1370. The number of benzene rings is 4. The highest BCUT2D eigenvalue weighted by Crippen LogP contribution is 2.61. The molecule has 1 aliphatic rings. The summed E-state index contributed by atoms with van der Waals surface area (Å²) in [5.74, 6) is 0.348. The van der Waals surface area contributed by atoms with E-state index >= 15 is 0 Å².